The maximum absolute atomic E-state index is 10.4. The van der Waals surface area contributed by atoms with Gasteiger partial charge in [-0.1, -0.05) is 0 Å². The van der Waals surface area contributed by atoms with Crippen LogP contribution in [0.25, 0.3) is 0 Å². The van der Waals surface area contributed by atoms with Gasteiger partial charge in [0.2, 0.25) is 0 Å². The second-order valence-corrected chi connectivity index (χ2v) is 3.41. The minimum Gasteiger partial charge on any atom is -0.356 e. The summed E-state index contributed by atoms with van der Waals surface area (Å²) in [5, 5.41) is 0. The largest absolute Gasteiger partial charge is 0.356 e. The van der Waals surface area contributed by atoms with E-state index in [0.29, 0.717) is 0 Å². The minimum atomic E-state index is -4.00. The Bertz CT molecular complexity index is 324. The van der Waals surface area contributed by atoms with Gasteiger partial charge in [0.15, 0.2) is 0 Å². The number of aromatic nitrogens is 1. The fourth-order valence-electron chi connectivity index (χ4n) is 0.630. The van der Waals surface area contributed by atoms with Crippen molar-refractivity contribution in [1.29, 1.82) is 0 Å². The molecule has 0 aliphatic rings. The smallest absolute Gasteiger partial charge is 0.296 e. The van der Waals surface area contributed by atoms with Gasteiger partial charge in [0.1, 0.15) is 4.90 Å². The van der Waals surface area contributed by atoms with Crippen LogP contribution in [0.3, 0.4) is 0 Å². The summed E-state index contributed by atoms with van der Waals surface area (Å²) in [4.78, 5) is -0.0741. The van der Waals surface area contributed by atoms with E-state index >= 15 is 0 Å². The Hall–Kier alpha value is -0.810. The molecule has 0 saturated carbocycles. The molecule has 5 heteroatoms. The summed E-state index contributed by atoms with van der Waals surface area (Å²) in [6.07, 6.45) is 2.87. The van der Waals surface area contributed by atoms with Crippen LogP contribution < -0.4 is 0 Å². The lowest BCUT2D eigenvalue weighted by Crippen LogP contribution is -1.95. The van der Waals surface area contributed by atoms with Crippen molar-refractivity contribution in [3.8, 4) is 0 Å². The van der Waals surface area contributed by atoms with Gasteiger partial charge < -0.3 is 4.57 Å². The lowest BCUT2D eigenvalue weighted by atomic mass is 10.7. The summed E-state index contributed by atoms with van der Waals surface area (Å²) in [5.74, 6) is 0. The maximum Gasteiger partial charge on any atom is 0.296 e. The van der Waals surface area contributed by atoms with E-state index in [-0.39, 0.29) is 4.90 Å². The highest BCUT2D eigenvalue weighted by atomic mass is 32.2. The first-order valence-corrected chi connectivity index (χ1v) is 4.03. The standard InChI is InChI=1S/C5H7NO3S/c1-6-3-2-5(4-6)10(7,8)9/h2-4H,1H3,(H,7,8,9). The van der Waals surface area contributed by atoms with Crippen LogP contribution in [0.5, 0.6) is 0 Å². The lowest BCUT2D eigenvalue weighted by Gasteiger charge is -1.87. The molecule has 56 valence electrons. The average molecular weight is 161 g/mol. The van der Waals surface area contributed by atoms with Crippen molar-refractivity contribution >= 4 is 10.1 Å². The molecule has 1 aromatic rings. The summed E-state index contributed by atoms with van der Waals surface area (Å²) >= 11 is 0. The monoisotopic (exact) mass is 161 g/mol. The van der Waals surface area contributed by atoms with Crippen LogP contribution in [0.1, 0.15) is 0 Å². The van der Waals surface area contributed by atoms with E-state index in [4.69, 9.17) is 4.55 Å². The predicted octanol–water partition coefficient (Wildman–Crippen LogP) is 0.272. The fraction of sp³-hybridized carbons (Fsp3) is 0.200. The first-order chi connectivity index (χ1) is 4.50. The highest BCUT2D eigenvalue weighted by Gasteiger charge is 2.08. The SMILES string of the molecule is Cn1ccc(S(=O)(=O)O)c1. The van der Waals surface area contributed by atoms with Crippen molar-refractivity contribution in [1.82, 2.24) is 4.57 Å². The molecule has 1 heterocycles. The van der Waals surface area contributed by atoms with Crippen molar-refractivity contribution in [3.05, 3.63) is 18.5 Å². The second kappa shape index (κ2) is 2.10. The van der Waals surface area contributed by atoms with Gasteiger partial charge in [-0.25, -0.2) is 0 Å². The molecule has 0 aliphatic carbocycles. The summed E-state index contributed by atoms with van der Waals surface area (Å²) in [5.41, 5.74) is 0. The van der Waals surface area contributed by atoms with Crippen molar-refractivity contribution in [2.45, 2.75) is 4.90 Å². The quantitative estimate of drug-likeness (QED) is 0.601. The Kier molecular flexibility index (Phi) is 1.53. The number of aryl methyl sites for hydroxylation is 1. The number of nitrogens with zero attached hydrogens (tertiary/aromatic N) is 1. The van der Waals surface area contributed by atoms with Crippen LogP contribution in [-0.4, -0.2) is 17.5 Å². The lowest BCUT2D eigenvalue weighted by molar-refractivity contribution is 0.483. The summed E-state index contributed by atoms with van der Waals surface area (Å²) in [6.45, 7) is 0. The van der Waals surface area contributed by atoms with E-state index in [9.17, 15) is 8.42 Å². The van der Waals surface area contributed by atoms with Crippen LogP contribution in [0, 0.1) is 0 Å². The molecular formula is C5H7NO3S. The summed E-state index contributed by atoms with van der Waals surface area (Å²) in [6, 6.07) is 1.33. The van der Waals surface area contributed by atoms with Crippen LogP contribution >= 0.6 is 0 Å². The molecule has 0 aromatic carbocycles. The number of hydrogen-bond acceptors (Lipinski definition) is 2. The van der Waals surface area contributed by atoms with E-state index in [1.165, 1.54) is 12.3 Å². The fourth-order valence-corrected chi connectivity index (χ4v) is 1.16. The predicted molar refractivity (Wildman–Crippen MR) is 35.2 cm³/mol. The Labute approximate surface area is 58.8 Å². The molecule has 0 spiro atoms. The Balaban J connectivity index is 3.21. The second-order valence-electron chi connectivity index (χ2n) is 1.99. The van der Waals surface area contributed by atoms with E-state index in [0.717, 1.165) is 0 Å². The van der Waals surface area contributed by atoms with Gasteiger partial charge in [-0.2, -0.15) is 8.42 Å². The van der Waals surface area contributed by atoms with Gasteiger partial charge in [-0.05, 0) is 6.07 Å². The Morgan fingerprint density at radius 1 is 1.60 bits per heavy atom. The summed E-state index contributed by atoms with van der Waals surface area (Å²) < 4.78 is 30.8. The molecule has 0 atom stereocenters. The maximum atomic E-state index is 10.4. The van der Waals surface area contributed by atoms with E-state index in [1.807, 2.05) is 0 Å². The first kappa shape index (κ1) is 7.30. The molecule has 10 heavy (non-hydrogen) atoms. The molecule has 0 radical (unpaired) electrons. The highest BCUT2D eigenvalue weighted by molar-refractivity contribution is 7.85. The van der Waals surface area contributed by atoms with Gasteiger partial charge in [0, 0.05) is 19.4 Å². The first-order valence-electron chi connectivity index (χ1n) is 2.59. The van der Waals surface area contributed by atoms with Gasteiger partial charge in [-0.3, -0.25) is 4.55 Å². The van der Waals surface area contributed by atoms with Crippen LogP contribution in [-0.2, 0) is 17.2 Å². The third kappa shape index (κ3) is 1.37. The number of rotatable bonds is 1. The molecule has 1 aromatic heterocycles. The zero-order valence-electron chi connectivity index (χ0n) is 5.35. The van der Waals surface area contributed by atoms with E-state index in [2.05, 4.69) is 0 Å². The summed E-state index contributed by atoms with van der Waals surface area (Å²) in [7, 11) is -2.33. The molecule has 0 bridgehead atoms. The molecule has 0 unspecified atom stereocenters. The molecule has 1 rings (SSSR count). The van der Waals surface area contributed by atoms with Crippen molar-refractivity contribution < 1.29 is 13.0 Å². The minimum absolute atomic E-state index is 0.0741. The van der Waals surface area contributed by atoms with Crippen LogP contribution in [0.15, 0.2) is 23.4 Å². The molecule has 0 amide bonds. The molecule has 4 nitrogen and oxygen atoms in total. The zero-order valence-corrected chi connectivity index (χ0v) is 6.17. The molecule has 0 saturated heterocycles. The molecule has 0 aliphatic heterocycles. The molecule has 0 fully saturated rings. The Morgan fingerprint density at radius 3 is 2.40 bits per heavy atom. The molecular weight excluding hydrogens is 154 g/mol. The Morgan fingerprint density at radius 2 is 2.20 bits per heavy atom. The normalized spacial score (nSPS) is 11.8. The zero-order chi connectivity index (χ0) is 7.78. The van der Waals surface area contributed by atoms with Gasteiger partial charge >= 0.3 is 0 Å². The highest BCUT2D eigenvalue weighted by Crippen LogP contribution is 2.06. The van der Waals surface area contributed by atoms with E-state index in [1.54, 1.807) is 17.8 Å². The van der Waals surface area contributed by atoms with Gasteiger partial charge in [0.25, 0.3) is 10.1 Å². The van der Waals surface area contributed by atoms with E-state index < -0.39 is 10.1 Å². The van der Waals surface area contributed by atoms with Crippen LogP contribution in [0.4, 0.5) is 0 Å². The van der Waals surface area contributed by atoms with Gasteiger partial charge in [-0.15, -0.1) is 0 Å². The third-order valence-corrected chi connectivity index (χ3v) is 1.94. The third-order valence-electron chi connectivity index (χ3n) is 1.10. The average Bonchev–Trinajstić information content (AvgIpc) is 2.11. The van der Waals surface area contributed by atoms with Crippen molar-refractivity contribution in [3.63, 3.8) is 0 Å². The van der Waals surface area contributed by atoms with Gasteiger partial charge in [0.05, 0.1) is 0 Å². The topological polar surface area (TPSA) is 59.3 Å². The van der Waals surface area contributed by atoms with Crippen LogP contribution in [0.2, 0.25) is 0 Å². The van der Waals surface area contributed by atoms with Crippen molar-refractivity contribution in [2.24, 2.45) is 7.05 Å². The van der Waals surface area contributed by atoms with Crippen molar-refractivity contribution in [2.75, 3.05) is 0 Å². The number of hydrogen-bond donors (Lipinski definition) is 1. The molecule has 1 N–H and O–H groups in total.